The molecule has 0 unspecified atom stereocenters. The molecule has 12 rings (SSSR count). The van der Waals surface area contributed by atoms with E-state index < -0.39 is 0 Å². The van der Waals surface area contributed by atoms with Crippen molar-refractivity contribution in [3.8, 4) is 16.8 Å². The van der Waals surface area contributed by atoms with Crippen LogP contribution in [0.1, 0.15) is 130 Å². The van der Waals surface area contributed by atoms with Crippen molar-refractivity contribution in [3.05, 3.63) is 125 Å². The molecule has 0 radical (unpaired) electrons. The molecule has 0 fully saturated rings. The summed E-state index contributed by atoms with van der Waals surface area (Å²) in [5, 5.41) is 5.00. The summed E-state index contributed by atoms with van der Waals surface area (Å²) in [6, 6.07) is 38.3. The highest BCUT2D eigenvalue weighted by molar-refractivity contribution is 6.93. The van der Waals surface area contributed by atoms with Crippen LogP contribution >= 0.6 is 0 Å². The minimum atomic E-state index is -0.0241. The Balaban J connectivity index is 1.28. The van der Waals surface area contributed by atoms with Crippen molar-refractivity contribution in [2.24, 2.45) is 0 Å². The Hall–Kier alpha value is -5.22. The minimum Gasteiger partial charge on any atom is -0.456 e. The summed E-state index contributed by atoms with van der Waals surface area (Å²) in [7, 11) is 0. The molecule has 6 aromatic carbocycles. The van der Waals surface area contributed by atoms with Gasteiger partial charge in [-0.3, -0.25) is 0 Å². The van der Waals surface area contributed by atoms with Crippen LogP contribution in [-0.4, -0.2) is 11.4 Å². The van der Waals surface area contributed by atoms with E-state index in [1.807, 2.05) is 0 Å². The molecule has 0 saturated heterocycles. The maximum absolute atomic E-state index is 6.60. The molecule has 3 nitrogen and oxygen atoms in total. The molecule has 0 bridgehead atoms. The van der Waals surface area contributed by atoms with Crippen LogP contribution in [0.4, 0.5) is 11.4 Å². The summed E-state index contributed by atoms with van der Waals surface area (Å²) < 4.78 is 9.27. The first-order chi connectivity index (χ1) is 28.4. The van der Waals surface area contributed by atoms with Gasteiger partial charge in [-0.25, -0.2) is 0 Å². The molecule has 8 aromatic rings. The predicted molar refractivity (Wildman–Crippen MR) is 256 cm³/mol. The number of rotatable bonds is 1. The molecule has 4 aliphatic rings. The molecule has 0 spiro atoms. The lowest BCUT2D eigenvalue weighted by Crippen LogP contribution is -2.61. The first-order valence-electron chi connectivity index (χ1n) is 22.6. The average molecular weight is 785 g/mol. The summed E-state index contributed by atoms with van der Waals surface area (Å²) >= 11 is 0. The fourth-order valence-electron chi connectivity index (χ4n) is 12.2. The van der Waals surface area contributed by atoms with Gasteiger partial charge in [0, 0.05) is 44.2 Å². The Morgan fingerprint density at radius 1 is 0.550 bits per heavy atom. The molecule has 0 amide bonds. The van der Waals surface area contributed by atoms with Crippen LogP contribution in [0.2, 0.25) is 0 Å². The highest BCUT2D eigenvalue weighted by Crippen LogP contribution is 2.54. The van der Waals surface area contributed by atoms with Crippen LogP contribution in [0, 0.1) is 0 Å². The smallest absolute Gasteiger partial charge is 0.333 e. The summed E-state index contributed by atoms with van der Waals surface area (Å²) in [5.74, 6) is 0. The van der Waals surface area contributed by atoms with E-state index in [1.165, 1.54) is 125 Å². The number of fused-ring (bicyclic) bond motifs is 14. The van der Waals surface area contributed by atoms with E-state index in [0.717, 1.165) is 11.2 Å². The molecule has 4 heterocycles. The molecule has 4 heteroatoms. The van der Waals surface area contributed by atoms with Crippen molar-refractivity contribution in [2.45, 2.75) is 129 Å². The van der Waals surface area contributed by atoms with E-state index in [-0.39, 0.29) is 33.9 Å². The predicted octanol–water partition coefficient (Wildman–Crippen LogP) is 13.9. The summed E-state index contributed by atoms with van der Waals surface area (Å²) in [6.45, 7) is 26.7. The second kappa shape index (κ2) is 11.4. The number of aromatic nitrogens is 1. The van der Waals surface area contributed by atoms with Gasteiger partial charge in [0.05, 0.1) is 11.0 Å². The Bertz CT molecular complexity index is 3200. The Morgan fingerprint density at radius 2 is 1.15 bits per heavy atom. The molecule has 300 valence electrons. The molecule has 0 atom stereocenters. The van der Waals surface area contributed by atoms with Gasteiger partial charge >= 0.3 is 6.85 Å². The highest BCUT2D eigenvalue weighted by Gasteiger charge is 2.48. The standard InChI is InChI=1S/C56H57BN2O/c1-52(2,3)32-16-18-33(19-17-32)59-44-30-40-38(53(4,5)24-26-55(40,8)9)28-37(44)34-20-21-36-48-43(22-23-47-49(48)35-14-12-13-15-46(35)60-47)58-45-31-41-39(54(6,7)25-27-56(41,10)11)29-42(45)57(59)50(34)51(36)58/h12-23,28-31H,24-27H2,1-11H3. The maximum Gasteiger partial charge on any atom is 0.333 e. The van der Waals surface area contributed by atoms with E-state index >= 15 is 0 Å². The second-order valence-electron chi connectivity index (χ2n) is 22.7. The summed E-state index contributed by atoms with van der Waals surface area (Å²) in [4.78, 5) is 2.76. The molecular formula is C56H57BN2O. The average Bonchev–Trinajstić information content (AvgIpc) is 3.76. The van der Waals surface area contributed by atoms with Crippen LogP contribution in [0.3, 0.4) is 0 Å². The van der Waals surface area contributed by atoms with Crippen molar-refractivity contribution in [3.63, 3.8) is 0 Å². The zero-order chi connectivity index (χ0) is 41.6. The van der Waals surface area contributed by atoms with E-state index in [2.05, 4.69) is 183 Å². The molecule has 2 aromatic heterocycles. The van der Waals surface area contributed by atoms with Crippen molar-refractivity contribution >= 4 is 72.9 Å². The van der Waals surface area contributed by atoms with Crippen LogP contribution in [0.25, 0.3) is 60.6 Å². The number of hydrogen-bond donors (Lipinski definition) is 0. The quantitative estimate of drug-likeness (QED) is 0.155. The van der Waals surface area contributed by atoms with Gasteiger partial charge in [-0.2, -0.15) is 0 Å². The second-order valence-corrected chi connectivity index (χ2v) is 22.7. The van der Waals surface area contributed by atoms with Crippen molar-refractivity contribution in [2.75, 3.05) is 4.81 Å². The van der Waals surface area contributed by atoms with Gasteiger partial charge in [-0.1, -0.05) is 125 Å². The van der Waals surface area contributed by atoms with Gasteiger partial charge in [0.25, 0.3) is 0 Å². The van der Waals surface area contributed by atoms with Gasteiger partial charge in [0.2, 0.25) is 0 Å². The highest BCUT2D eigenvalue weighted by atomic mass is 16.3. The third kappa shape index (κ3) is 4.69. The van der Waals surface area contributed by atoms with Crippen molar-refractivity contribution in [1.29, 1.82) is 0 Å². The Labute approximate surface area is 355 Å². The zero-order valence-corrected chi connectivity index (χ0v) is 37.4. The molecule has 0 saturated carbocycles. The number of para-hydroxylation sites is 1. The van der Waals surface area contributed by atoms with Gasteiger partial charge in [0.15, 0.2) is 0 Å². The van der Waals surface area contributed by atoms with E-state index in [1.54, 1.807) is 0 Å². The van der Waals surface area contributed by atoms with Crippen LogP contribution in [0.15, 0.2) is 101 Å². The number of hydrogen-bond acceptors (Lipinski definition) is 2. The SMILES string of the molecule is CC(C)(C)c1ccc(N2B3c4cc5c(cc4-n4c6ccc7oc8ccccc8c7c6c6ccc(c3c64)-c3cc4c(cc32)C(C)(C)CCC4(C)C)C(C)(C)CCC5(C)C)cc1. The summed E-state index contributed by atoms with van der Waals surface area (Å²) in [6.07, 6.45) is 4.73. The number of anilines is 2. The number of nitrogens with zero attached hydrogens (tertiary/aromatic N) is 2. The van der Waals surface area contributed by atoms with Crippen LogP contribution < -0.4 is 15.7 Å². The lowest BCUT2D eigenvalue weighted by atomic mass is 9.43. The van der Waals surface area contributed by atoms with Gasteiger partial charge in [-0.15, -0.1) is 0 Å². The van der Waals surface area contributed by atoms with Gasteiger partial charge in [-0.05, 0) is 146 Å². The third-order valence-corrected chi connectivity index (χ3v) is 16.1. The number of furan rings is 1. The molecule has 2 aliphatic carbocycles. The van der Waals surface area contributed by atoms with E-state index in [0.29, 0.717) is 0 Å². The third-order valence-electron chi connectivity index (χ3n) is 16.1. The fraction of sp³-hybridized carbons (Fsp3) is 0.357. The summed E-state index contributed by atoms with van der Waals surface area (Å²) in [5.41, 5.74) is 21.7. The molecule has 0 N–H and O–H groups in total. The Morgan fingerprint density at radius 3 is 1.80 bits per heavy atom. The molecular weight excluding hydrogens is 727 g/mol. The van der Waals surface area contributed by atoms with E-state index in [9.17, 15) is 0 Å². The lowest BCUT2D eigenvalue weighted by Gasteiger charge is -2.47. The topological polar surface area (TPSA) is 21.3 Å². The normalized spacial score (nSPS) is 19.1. The largest absolute Gasteiger partial charge is 0.456 e. The van der Waals surface area contributed by atoms with Crippen molar-refractivity contribution < 1.29 is 4.42 Å². The molecule has 60 heavy (non-hydrogen) atoms. The molecule has 2 aliphatic heterocycles. The first kappa shape index (κ1) is 36.6. The van der Waals surface area contributed by atoms with Gasteiger partial charge < -0.3 is 13.8 Å². The fourth-order valence-corrected chi connectivity index (χ4v) is 12.2. The maximum atomic E-state index is 6.60. The first-order valence-corrected chi connectivity index (χ1v) is 22.6. The monoisotopic (exact) mass is 784 g/mol. The van der Waals surface area contributed by atoms with E-state index in [4.69, 9.17) is 4.42 Å². The van der Waals surface area contributed by atoms with Crippen LogP contribution in [-0.2, 0) is 27.1 Å². The number of benzene rings is 6. The zero-order valence-electron chi connectivity index (χ0n) is 37.4. The lowest BCUT2D eigenvalue weighted by molar-refractivity contribution is 0.332. The van der Waals surface area contributed by atoms with Gasteiger partial charge in [0.1, 0.15) is 11.2 Å². The van der Waals surface area contributed by atoms with Crippen LogP contribution in [0.5, 0.6) is 0 Å². The Kier molecular flexibility index (Phi) is 6.94. The minimum absolute atomic E-state index is 0.0241. The van der Waals surface area contributed by atoms with Crippen molar-refractivity contribution in [1.82, 2.24) is 4.57 Å².